The van der Waals surface area contributed by atoms with Gasteiger partial charge in [0.05, 0.1) is 10.9 Å². The van der Waals surface area contributed by atoms with Gasteiger partial charge in [-0.25, -0.2) is 0 Å². The Morgan fingerprint density at radius 2 is 2.31 bits per heavy atom. The maximum absolute atomic E-state index is 12.6. The minimum absolute atomic E-state index is 0.0834. The fourth-order valence-electron chi connectivity index (χ4n) is 3.46. The number of H-pyrrole nitrogens is 1. The van der Waals surface area contributed by atoms with Gasteiger partial charge in [0.25, 0.3) is 11.5 Å². The van der Waals surface area contributed by atoms with E-state index in [1.807, 2.05) is 13.0 Å². The van der Waals surface area contributed by atoms with Crippen molar-refractivity contribution < 1.29 is 9.32 Å². The molecule has 4 heterocycles. The van der Waals surface area contributed by atoms with Gasteiger partial charge in [-0.2, -0.15) is 0 Å². The van der Waals surface area contributed by atoms with Gasteiger partial charge >= 0.3 is 0 Å². The molecule has 1 atom stereocenters. The molecule has 0 aromatic carbocycles. The topological polar surface area (TPSA) is 92.1 Å². The quantitative estimate of drug-likeness (QED) is 0.779. The summed E-state index contributed by atoms with van der Waals surface area (Å²) in [5, 5.41) is 4.48. The number of nitrogens with zero attached hydrogens (tertiary/aromatic N) is 3. The van der Waals surface area contributed by atoms with E-state index >= 15 is 0 Å². The number of rotatable bonds is 4. The zero-order valence-corrected chi connectivity index (χ0v) is 14.6. The Morgan fingerprint density at radius 1 is 1.42 bits per heavy atom. The molecule has 0 spiro atoms. The lowest BCUT2D eigenvalue weighted by atomic mass is 10.0. The molecule has 7 nitrogen and oxygen atoms in total. The Hall–Kier alpha value is -2.96. The highest BCUT2D eigenvalue weighted by atomic mass is 16.5. The maximum Gasteiger partial charge on any atom is 0.276 e. The molecule has 7 heteroatoms. The van der Waals surface area contributed by atoms with Crippen LogP contribution in [0.1, 0.15) is 47.6 Å². The summed E-state index contributed by atoms with van der Waals surface area (Å²) in [6, 6.07) is 7.14. The highest BCUT2D eigenvalue weighted by Crippen LogP contribution is 2.27. The van der Waals surface area contributed by atoms with Crippen LogP contribution in [-0.4, -0.2) is 39.0 Å². The Kier molecular flexibility index (Phi) is 4.28. The van der Waals surface area contributed by atoms with Crippen molar-refractivity contribution in [2.75, 3.05) is 13.1 Å². The first kappa shape index (κ1) is 16.5. The standard InChI is InChI=1S/C19H20N4O3/c1-2-4-13-9-17(22-26-13)19(25)23-8-6-12(11-23)15-10-16-14(18(24)21-15)5-3-7-20-16/h3,5,7,9-10,12H,2,4,6,8,11H2,1H3,(H,21,24)/t12-/m0/s1. The van der Waals surface area contributed by atoms with E-state index in [-0.39, 0.29) is 17.4 Å². The molecule has 134 valence electrons. The molecule has 0 saturated carbocycles. The van der Waals surface area contributed by atoms with Crippen LogP contribution in [0.3, 0.4) is 0 Å². The molecule has 0 unspecified atom stereocenters. The minimum atomic E-state index is -0.143. The van der Waals surface area contributed by atoms with Gasteiger partial charge in [0.15, 0.2) is 5.69 Å². The van der Waals surface area contributed by atoms with E-state index in [0.717, 1.165) is 30.7 Å². The summed E-state index contributed by atoms with van der Waals surface area (Å²) in [4.78, 5) is 33.9. The van der Waals surface area contributed by atoms with Crippen LogP contribution in [0.15, 0.2) is 39.8 Å². The number of aromatic amines is 1. The minimum Gasteiger partial charge on any atom is -0.361 e. The van der Waals surface area contributed by atoms with E-state index in [1.54, 1.807) is 29.3 Å². The summed E-state index contributed by atoms with van der Waals surface area (Å²) in [7, 11) is 0. The van der Waals surface area contributed by atoms with Crippen molar-refractivity contribution in [3.63, 3.8) is 0 Å². The number of hydrogen-bond acceptors (Lipinski definition) is 5. The van der Waals surface area contributed by atoms with Gasteiger partial charge in [-0.05, 0) is 31.0 Å². The van der Waals surface area contributed by atoms with Crippen LogP contribution >= 0.6 is 0 Å². The first-order valence-electron chi connectivity index (χ1n) is 8.88. The number of aromatic nitrogens is 3. The Morgan fingerprint density at radius 3 is 3.15 bits per heavy atom. The third-order valence-corrected chi connectivity index (χ3v) is 4.82. The predicted octanol–water partition coefficient (Wildman–Crippen LogP) is 2.49. The second kappa shape index (κ2) is 6.74. The van der Waals surface area contributed by atoms with Crippen molar-refractivity contribution in [1.82, 2.24) is 20.0 Å². The first-order valence-corrected chi connectivity index (χ1v) is 8.88. The Bertz CT molecular complexity index is 1010. The summed E-state index contributed by atoms with van der Waals surface area (Å²) in [5.41, 5.74) is 1.71. The molecule has 1 aliphatic heterocycles. The van der Waals surface area contributed by atoms with E-state index in [4.69, 9.17) is 4.52 Å². The normalized spacial score (nSPS) is 17.1. The number of nitrogens with one attached hydrogen (secondary N) is 1. The van der Waals surface area contributed by atoms with E-state index < -0.39 is 0 Å². The van der Waals surface area contributed by atoms with Gasteiger partial charge in [-0.1, -0.05) is 12.1 Å². The lowest BCUT2D eigenvalue weighted by molar-refractivity contribution is 0.0780. The number of carbonyl (C=O) groups is 1. The molecule has 0 aliphatic carbocycles. The molecule has 1 aliphatic rings. The fraction of sp³-hybridized carbons (Fsp3) is 0.368. The summed E-state index contributed by atoms with van der Waals surface area (Å²) >= 11 is 0. The van der Waals surface area contributed by atoms with Crippen molar-refractivity contribution in [3.05, 3.63) is 58.0 Å². The second-order valence-corrected chi connectivity index (χ2v) is 6.66. The zero-order chi connectivity index (χ0) is 18.1. The smallest absolute Gasteiger partial charge is 0.276 e. The first-order chi connectivity index (χ1) is 12.7. The van der Waals surface area contributed by atoms with Gasteiger partial charge in [-0.15, -0.1) is 0 Å². The van der Waals surface area contributed by atoms with Crippen LogP contribution in [0.5, 0.6) is 0 Å². The SMILES string of the molecule is CCCc1cc(C(=O)N2CC[C@H](c3cc4ncccc4c(=O)[nH]3)C2)no1. The van der Waals surface area contributed by atoms with Gasteiger partial charge in [0.2, 0.25) is 0 Å². The van der Waals surface area contributed by atoms with Crippen LogP contribution < -0.4 is 5.56 Å². The van der Waals surface area contributed by atoms with Crippen molar-refractivity contribution >= 4 is 16.8 Å². The highest BCUT2D eigenvalue weighted by molar-refractivity contribution is 5.92. The molecule has 1 fully saturated rings. The van der Waals surface area contributed by atoms with Gasteiger partial charge in [0, 0.05) is 43.4 Å². The second-order valence-electron chi connectivity index (χ2n) is 6.66. The van der Waals surface area contributed by atoms with Crippen molar-refractivity contribution in [1.29, 1.82) is 0 Å². The third-order valence-electron chi connectivity index (χ3n) is 4.82. The van der Waals surface area contributed by atoms with E-state index in [1.165, 1.54) is 0 Å². The zero-order valence-electron chi connectivity index (χ0n) is 14.6. The average Bonchev–Trinajstić information content (AvgIpc) is 3.31. The molecule has 4 rings (SSSR count). The molecule has 1 amide bonds. The monoisotopic (exact) mass is 352 g/mol. The molecule has 0 radical (unpaired) electrons. The molecular formula is C19H20N4O3. The molecule has 1 saturated heterocycles. The van der Waals surface area contributed by atoms with Crippen LogP contribution in [0, 0.1) is 0 Å². The fourth-order valence-corrected chi connectivity index (χ4v) is 3.46. The lowest BCUT2D eigenvalue weighted by Gasteiger charge is -2.15. The van der Waals surface area contributed by atoms with E-state index in [9.17, 15) is 9.59 Å². The summed E-state index contributed by atoms with van der Waals surface area (Å²) < 4.78 is 5.21. The highest BCUT2D eigenvalue weighted by Gasteiger charge is 2.30. The maximum atomic E-state index is 12.6. The van der Waals surface area contributed by atoms with E-state index in [0.29, 0.717) is 29.7 Å². The largest absolute Gasteiger partial charge is 0.361 e. The van der Waals surface area contributed by atoms with Gasteiger partial charge < -0.3 is 14.4 Å². The molecule has 3 aromatic heterocycles. The molecule has 3 aromatic rings. The lowest BCUT2D eigenvalue weighted by Crippen LogP contribution is -2.29. The number of carbonyl (C=O) groups excluding carboxylic acids is 1. The van der Waals surface area contributed by atoms with Crippen LogP contribution in [0.4, 0.5) is 0 Å². The van der Waals surface area contributed by atoms with Gasteiger partial charge in [0.1, 0.15) is 5.76 Å². The van der Waals surface area contributed by atoms with E-state index in [2.05, 4.69) is 15.1 Å². The van der Waals surface area contributed by atoms with Crippen LogP contribution in [0.25, 0.3) is 10.9 Å². The summed E-state index contributed by atoms with van der Waals surface area (Å²) in [6.45, 7) is 3.22. The van der Waals surface area contributed by atoms with Gasteiger partial charge in [-0.3, -0.25) is 14.6 Å². The summed E-state index contributed by atoms with van der Waals surface area (Å²) in [5.74, 6) is 0.691. The summed E-state index contributed by atoms with van der Waals surface area (Å²) in [6.07, 6.45) is 4.18. The molecular weight excluding hydrogens is 332 g/mol. The number of fused-ring (bicyclic) bond motifs is 1. The Labute approximate surface area is 150 Å². The van der Waals surface area contributed by atoms with Crippen molar-refractivity contribution in [2.45, 2.75) is 32.1 Å². The Balaban J connectivity index is 1.53. The number of likely N-dealkylation sites (tertiary alicyclic amines) is 1. The number of pyridine rings is 2. The molecule has 1 N–H and O–H groups in total. The number of aryl methyl sites for hydroxylation is 1. The number of hydrogen-bond donors (Lipinski definition) is 1. The van der Waals surface area contributed by atoms with Crippen molar-refractivity contribution in [2.24, 2.45) is 0 Å². The number of amides is 1. The van der Waals surface area contributed by atoms with Crippen LogP contribution in [0.2, 0.25) is 0 Å². The third kappa shape index (κ3) is 3.00. The average molecular weight is 352 g/mol. The van der Waals surface area contributed by atoms with Crippen molar-refractivity contribution in [3.8, 4) is 0 Å². The molecule has 0 bridgehead atoms. The van der Waals surface area contributed by atoms with Crippen LogP contribution in [-0.2, 0) is 6.42 Å². The molecule has 26 heavy (non-hydrogen) atoms. The predicted molar refractivity (Wildman–Crippen MR) is 96.1 cm³/mol.